The molecule has 0 aromatic heterocycles. The van der Waals surface area contributed by atoms with Crippen molar-refractivity contribution in [3.8, 4) is 11.5 Å². The molecule has 2 amide bonds. The van der Waals surface area contributed by atoms with Crippen LogP contribution in [-0.4, -0.2) is 31.1 Å². The lowest BCUT2D eigenvalue weighted by atomic mass is 10.2. The Morgan fingerprint density at radius 3 is 2.34 bits per heavy atom. The molecule has 0 fully saturated rings. The molecular weight excluding hydrogens is 470 g/mol. The van der Waals surface area contributed by atoms with Gasteiger partial charge in [-0.3, -0.25) is 9.59 Å². The summed E-state index contributed by atoms with van der Waals surface area (Å²) in [6, 6.07) is 18.1. The molecular formula is C26H22ClN3O5. The van der Waals surface area contributed by atoms with Crippen molar-refractivity contribution in [1.82, 2.24) is 5.43 Å². The van der Waals surface area contributed by atoms with Crippen LogP contribution < -0.4 is 20.2 Å². The topological polar surface area (TPSA) is 106 Å². The zero-order valence-corrected chi connectivity index (χ0v) is 19.7. The monoisotopic (exact) mass is 491 g/mol. The largest absolute Gasteiger partial charge is 0.497 e. The Labute approximate surface area is 207 Å². The van der Waals surface area contributed by atoms with Crippen molar-refractivity contribution in [3.63, 3.8) is 0 Å². The predicted molar refractivity (Wildman–Crippen MR) is 135 cm³/mol. The molecule has 3 rings (SSSR count). The van der Waals surface area contributed by atoms with Crippen molar-refractivity contribution in [2.24, 2.45) is 5.10 Å². The number of carbonyl (C=O) groups excluding carboxylic acids is 3. The first-order valence-electron chi connectivity index (χ1n) is 10.4. The van der Waals surface area contributed by atoms with Crippen molar-refractivity contribution >= 4 is 47.4 Å². The van der Waals surface area contributed by atoms with E-state index in [-0.39, 0.29) is 11.7 Å². The smallest absolute Gasteiger partial charge is 0.336 e. The van der Waals surface area contributed by atoms with Crippen LogP contribution in [0, 0.1) is 0 Å². The minimum absolute atomic E-state index is 0.207. The first kappa shape index (κ1) is 25.2. The van der Waals surface area contributed by atoms with Gasteiger partial charge in [0.05, 0.1) is 13.3 Å². The fourth-order valence-corrected chi connectivity index (χ4v) is 3.05. The zero-order chi connectivity index (χ0) is 25.2. The number of rotatable bonds is 8. The Kier molecular flexibility index (Phi) is 8.75. The highest BCUT2D eigenvalue weighted by molar-refractivity contribution is 6.31. The van der Waals surface area contributed by atoms with E-state index in [2.05, 4.69) is 15.8 Å². The van der Waals surface area contributed by atoms with Gasteiger partial charge in [-0.25, -0.2) is 10.2 Å². The molecule has 0 bridgehead atoms. The molecule has 8 nitrogen and oxygen atoms in total. The van der Waals surface area contributed by atoms with E-state index < -0.39 is 11.9 Å². The number of anilines is 1. The molecule has 0 saturated carbocycles. The number of ether oxygens (including phenoxy) is 2. The van der Waals surface area contributed by atoms with Gasteiger partial charge in [-0.2, -0.15) is 5.10 Å². The summed E-state index contributed by atoms with van der Waals surface area (Å²) in [5.74, 6) is -0.332. The van der Waals surface area contributed by atoms with Gasteiger partial charge in [-0.15, -0.1) is 0 Å². The van der Waals surface area contributed by atoms with Crippen molar-refractivity contribution in [1.29, 1.82) is 0 Å². The first-order chi connectivity index (χ1) is 16.8. The Bertz CT molecular complexity index is 1270. The second-order valence-corrected chi connectivity index (χ2v) is 7.60. The quantitative estimate of drug-likeness (QED) is 0.156. The SMILES string of the molecule is COc1ccc(/C=C/C(=O)Oc2ccc(Cl)cc2/C=N/NC(=O)c2ccc(NC(C)=O)cc2)cc1. The maximum Gasteiger partial charge on any atom is 0.336 e. The van der Waals surface area contributed by atoms with Crippen LogP contribution in [-0.2, 0) is 9.59 Å². The highest BCUT2D eigenvalue weighted by Gasteiger charge is 2.08. The van der Waals surface area contributed by atoms with Gasteiger partial charge < -0.3 is 14.8 Å². The minimum atomic E-state index is -0.596. The normalized spacial score (nSPS) is 10.8. The average molecular weight is 492 g/mol. The lowest BCUT2D eigenvalue weighted by molar-refractivity contribution is -0.128. The molecule has 0 aliphatic rings. The number of nitrogens with one attached hydrogen (secondary N) is 2. The molecule has 0 heterocycles. The van der Waals surface area contributed by atoms with E-state index in [0.29, 0.717) is 27.6 Å². The first-order valence-corrected chi connectivity index (χ1v) is 10.8. The molecule has 0 radical (unpaired) electrons. The molecule has 178 valence electrons. The lowest BCUT2D eigenvalue weighted by Crippen LogP contribution is -2.17. The number of halogens is 1. The summed E-state index contributed by atoms with van der Waals surface area (Å²) in [4.78, 5) is 35.7. The van der Waals surface area contributed by atoms with Crippen LogP contribution in [0.4, 0.5) is 5.69 Å². The maximum absolute atomic E-state index is 12.3. The van der Waals surface area contributed by atoms with Gasteiger partial charge in [0.15, 0.2) is 0 Å². The summed E-state index contributed by atoms with van der Waals surface area (Å²) in [5.41, 5.74) is 4.51. The summed E-state index contributed by atoms with van der Waals surface area (Å²) in [5, 5.41) is 6.96. The Morgan fingerprint density at radius 2 is 1.69 bits per heavy atom. The number of esters is 1. The number of amides is 2. The molecule has 9 heteroatoms. The fourth-order valence-electron chi connectivity index (χ4n) is 2.87. The number of carbonyl (C=O) groups is 3. The second kappa shape index (κ2) is 12.2. The van der Waals surface area contributed by atoms with Crippen LogP contribution in [0.15, 0.2) is 77.9 Å². The number of hydrogen-bond donors (Lipinski definition) is 2. The van der Waals surface area contributed by atoms with E-state index in [0.717, 1.165) is 5.56 Å². The molecule has 0 spiro atoms. The predicted octanol–water partition coefficient (Wildman–Crippen LogP) is 4.69. The van der Waals surface area contributed by atoms with Crippen molar-refractivity contribution in [3.05, 3.63) is 94.5 Å². The third kappa shape index (κ3) is 7.83. The molecule has 3 aromatic carbocycles. The summed E-state index contributed by atoms with van der Waals surface area (Å²) in [6.45, 7) is 1.40. The highest BCUT2D eigenvalue weighted by atomic mass is 35.5. The summed E-state index contributed by atoms with van der Waals surface area (Å²) < 4.78 is 10.5. The van der Waals surface area contributed by atoms with Gasteiger partial charge in [0.1, 0.15) is 11.5 Å². The Balaban J connectivity index is 1.64. The lowest BCUT2D eigenvalue weighted by Gasteiger charge is -2.06. The van der Waals surface area contributed by atoms with E-state index in [1.165, 1.54) is 25.3 Å². The summed E-state index contributed by atoms with van der Waals surface area (Å²) in [7, 11) is 1.58. The molecule has 0 aliphatic carbocycles. The zero-order valence-electron chi connectivity index (χ0n) is 18.9. The van der Waals surface area contributed by atoms with Crippen LogP contribution in [0.25, 0.3) is 6.08 Å². The number of benzene rings is 3. The van der Waals surface area contributed by atoms with E-state index in [9.17, 15) is 14.4 Å². The molecule has 0 saturated heterocycles. The van der Waals surface area contributed by atoms with Crippen LogP contribution in [0.2, 0.25) is 5.02 Å². The molecule has 0 unspecified atom stereocenters. The molecule has 3 aromatic rings. The number of methoxy groups -OCH3 is 1. The number of hydrogen-bond acceptors (Lipinski definition) is 6. The summed E-state index contributed by atoms with van der Waals surface area (Å²) >= 11 is 6.06. The molecule has 0 atom stereocenters. The fraction of sp³-hybridized carbons (Fsp3) is 0.0769. The Hall–Kier alpha value is -4.43. The van der Waals surface area contributed by atoms with Gasteiger partial charge in [0.25, 0.3) is 5.91 Å². The van der Waals surface area contributed by atoms with Gasteiger partial charge in [-0.05, 0) is 66.2 Å². The van der Waals surface area contributed by atoms with Crippen molar-refractivity contribution in [2.45, 2.75) is 6.92 Å². The third-order valence-electron chi connectivity index (χ3n) is 4.55. The van der Waals surface area contributed by atoms with Crippen LogP contribution in [0.1, 0.15) is 28.4 Å². The van der Waals surface area contributed by atoms with E-state index in [1.54, 1.807) is 73.8 Å². The van der Waals surface area contributed by atoms with E-state index in [4.69, 9.17) is 21.1 Å². The van der Waals surface area contributed by atoms with Crippen LogP contribution in [0.5, 0.6) is 11.5 Å². The standard InChI is InChI=1S/C26H22ClN3O5/c1-17(31)29-22-9-6-19(7-10-22)26(33)30-28-16-20-15-21(27)8-13-24(20)35-25(32)14-5-18-3-11-23(34-2)12-4-18/h3-16H,1-2H3,(H,29,31)(H,30,33)/b14-5+,28-16+. The number of nitrogens with zero attached hydrogens (tertiary/aromatic N) is 1. The average Bonchev–Trinajstić information content (AvgIpc) is 2.84. The van der Waals surface area contributed by atoms with Gasteiger partial charge in [0, 0.05) is 34.8 Å². The van der Waals surface area contributed by atoms with Gasteiger partial charge in [0.2, 0.25) is 5.91 Å². The van der Waals surface area contributed by atoms with Crippen LogP contribution in [0.3, 0.4) is 0 Å². The second-order valence-electron chi connectivity index (χ2n) is 7.17. The molecule has 35 heavy (non-hydrogen) atoms. The highest BCUT2D eigenvalue weighted by Crippen LogP contribution is 2.22. The molecule has 0 aliphatic heterocycles. The number of hydrazone groups is 1. The van der Waals surface area contributed by atoms with Gasteiger partial charge >= 0.3 is 5.97 Å². The van der Waals surface area contributed by atoms with Crippen LogP contribution >= 0.6 is 11.6 Å². The van der Waals surface area contributed by atoms with E-state index in [1.807, 2.05) is 0 Å². The van der Waals surface area contributed by atoms with Crippen molar-refractivity contribution in [2.75, 3.05) is 12.4 Å². The van der Waals surface area contributed by atoms with E-state index >= 15 is 0 Å². The van der Waals surface area contributed by atoms with Gasteiger partial charge in [-0.1, -0.05) is 23.7 Å². The third-order valence-corrected chi connectivity index (χ3v) is 4.78. The molecule has 2 N–H and O–H groups in total. The Morgan fingerprint density at radius 1 is 0.971 bits per heavy atom. The maximum atomic E-state index is 12.3. The minimum Gasteiger partial charge on any atom is -0.497 e. The summed E-state index contributed by atoms with van der Waals surface area (Å²) in [6.07, 6.45) is 4.23. The van der Waals surface area contributed by atoms with Crippen molar-refractivity contribution < 1.29 is 23.9 Å².